The van der Waals surface area contributed by atoms with Crippen molar-refractivity contribution in [2.75, 3.05) is 26.9 Å². The number of alkyl halides is 6. The second-order valence-electron chi connectivity index (χ2n) is 28.4. The van der Waals surface area contributed by atoms with Gasteiger partial charge in [-0.05, 0) is 247 Å². The number of carbonyl (C=O) groups is 3. The smallest absolute Gasteiger partial charge is 0.376 e. The van der Waals surface area contributed by atoms with E-state index in [0.29, 0.717) is 56.3 Å². The molecule has 0 spiro atoms. The van der Waals surface area contributed by atoms with E-state index in [2.05, 4.69) is 77.1 Å². The lowest BCUT2D eigenvalue weighted by molar-refractivity contribution is -0.180. The number of hydrogen-bond donors (Lipinski definition) is 0. The van der Waals surface area contributed by atoms with Gasteiger partial charge in [0.1, 0.15) is 5.75 Å². The van der Waals surface area contributed by atoms with Crippen LogP contribution in [0, 0.1) is 86.4 Å². The molecule has 79 heavy (non-hydrogen) atoms. The average molecular weight is 1100 g/mol. The summed E-state index contributed by atoms with van der Waals surface area (Å²) in [5.74, 6) is -9.88. The Hall–Kier alpha value is -4.55. The monoisotopic (exact) mass is 1100 g/mol. The summed E-state index contributed by atoms with van der Waals surface area (Å²) < 4.78 is 100. The fourth-order valence-corrected chi connectivity index (χ4v) is 20.2. The Morgan fingerprint density at radius 3 is 1.16 bits per heavy atom. The summed E-state index contributed by atoms with van der Waals surface area (Å²) in [6.07, 6.45) is 19.6. The van der Waals surface area contributed by atoms with Crippen LogP contribution >= 0.6 is 0 Å². The second kappa shape index (κ2) is 20.4. The van der Waals surface area contributed by atoms with Crippen molar-refractivity contribution in [2.24, 2.45) is 51.8 Å². The molecule has 432 valence electrons. The third kappa shape index (κ3) is 11.5. The van der Waals surface area contributed by atoms with Gasteiger partial charge in [0.15, 0.2) is 0 Å². The molecule has 12 bridgehead atoms. The fraction of sp³-hybridized carbons (Fsp3) is 0.682. The molecule has 0 saturated heterocycles. The van der Waals surface area contributed by atoms with Crippen molar-refractivity contribution in [2.45, 2.75) is 205 Å². The molecule has 13 heteroatoms. The first-order chi connectivity index (χ1) is 36.9. The molecule has 0 aromatic heterocycles. The molecule has 7 nitrogen and oxygen atoms in total. The van der Waals surface area contributed by atoms with E-state index < -0.39 is 35.7 Å². The lowest BCUT2D eigenvalue weighted by Gasteiger charge is -2.62. The lowest BCUT2D eigenvalue weighted by atomic mass is 9.42. The zero-order valence-corrected chi connectivity index (χ0v) is 48.1. The zero-order valence-electron chi connectivity index (χ0n) is 48.1. The molecule has 6 atom stereocenters. The highest BCUT2D eigenvalue weighted by atomic mass is 19.3. The summed E-state index contributed by atoms with van der Waals surface area (Å²) in [5.41, 5.74) is 10.7. The predicted molar refractivity (Wildman–Crippen MR) is 291 cm³/mol. The van der Waals surface area contributed by atoms with E-state index in [-0.39, 0.29) is 52.3 Å². The zero-order chi connectivity index (χ0) is 56.9. The van der Waals surface area contributed by atoms with Gasteiger partial charge in [-0.1, -0.05) is 53.6 Å². The lowest BCUT2D eigenvalue weighted by Crippen LogP contribution is -2.56. The van der Waals surface area contributed by atoms with E-state index >= 15 is 0 Å². The van der Waals surface area contributed by atoms with Gasteiger partial charge in [-0.2, -0.15) is 26.3 Å². The normalized spacial score (nSPS) is 35.2. The first kappa shape index (κ1) is 57.7. The minimum Gasteiger partial charge on any atom is -0.497 e. The highest BCUT2D eigenvalue weighted by Gasteiger charge is 2.62. The van der Waals surface area contributed by atoms with Gasteiger partial charge in [0.2, 0.25) is 0 Å². The highest BCUT2D eigenvalue weighted by molar-refractivity contribution is 5.77. The number of benzene rings is 3. The number of ether oxygens (including phenoxy) is 4. The van der Waals surface area contributed by atoms with Crippen molar-refractivity contribution in [3.05, 3.63) is 99.1 Å². The number of esters is 3. The molecular weight excluding hydrogens is 1020 g/mol. The molecule has 12 saturated carbocycles. The number of rotatable bonds is 13. The average Bonchev–Trinajstić information content (AvgIpc) is 3.22. The van der Waals surface area contributed by atoms with E-state index in [1.807, 2.05) is 12.1 Å². The summed E-state index contributed by atoms with van der Waals surface area (Å²) in [6.45, 7) is 13.1. The van der Waals surface area contributed by atoms with Crippen molar-refractivity contribution in [3.8, 4) is 5.75 Å². The first-order valence-electron chi connectivity index (χ1n) is 29.3. The van der Waals surface area contributed by atoms with Gasteiger partial charge in [-0.15, -0.1) is 0 Å². The Morgan fingerprint density at radius 2 is 0.797 bits per heavy atom. The fourth-order valence-electron chi connectivity index (χ4n) is 20.2. The Labute approximate surface area is 464 Å². The summed E-state index contributed by atoms with van der Waals surface area (Å²) >= 11 is 0. The van der Waals surface area contributed by atoms with Crippen LogP contribution in [0.2, 0.25) is 0 Å². The SMILES string of the molecule is COc1ccc(C23CC4CC(CC(COC(=O)C(C)(F)F)(C4)C2)C3)cc1.Cc1cc(C)c(C23CC4CC(CC(COC(=O)C(C)(F)F)(C4)C2)C3)c(C)c1.Cc1ccc(C23CC4CC(CC(COC(=O)C(C)(F)F)(C4)C2)C3)c(C)c1. The van der Waals surface area contributed by atoms with E-state index in [4.69, 9.17) is 18.9 Å². The highest BCUT2D eigenvalue weighted by Crippen LogP contribution is 2.69. The van der Waals surface area contributed by atoms with Crippen molar-refractivity contribution < 1.29 is 59.7 Å². The third-order valence-electron chi connectivity index (χ3n) is 21.0. The van der Waals surface area contributed by atoms with Gasteiger partial charge in [0.25, 0.3) is 0 Å². The van der Waals surface area contributed by atoms with Crippen LogP contribution in [0.25, 0.3) is 0 Å². The van der Waals surface area contributed by atoms with Gasteiger partial charge in [0.05, 0.1) is 26.9 Å². The summed E-state index contributed by atoms with van der Waals surface area (Å²) in [5, 5.41) is 0. The molecule has 0 radical (unpaired) electrons. The van der Waals surface area contributed by atoms with E-state index in [1.165, 1.54) is 89.5 Å². The van der Waals surface area contributed by atoms with Crippen LogP contribution in [-0.2, 0) is 44.8 Å². The molecule has 3 aromatic rings. The van der Waals surface area contributed by atoms with E-state index in [0.717, 1.165) is 76.4 Å². The Balaban J connectivity index is 0.000000134. The molecule has 3 aromatic carbocycles. The molecule has 6 unspecified atom stereocenters. The van der Waals surface area contributed by atoms with Crippen LogP contribution in [-0.4, -0.2) is 62.6 Å². The van der Waals surface area contributed by atoms with Crippen LogP contribution in [0.5, 0.6) is 5.75 Å². The third-order valence-corrected chi connectivity index (χ3v) is 21.0. The standard InChI is InChI=1S/C23H30F2O2.C22H28F2O2.C21H26F2O3/c1-14-5-15(2)19(16(3)6-14)23-10-17-7-18(11-23)9-22(8-17,12-23)13-27-20(26)21(4,24)25;1-14-4-5-18(15(2)6-14)22-10-16-7-17(11-22)9-21(8-16,12-22)13-26-19(25)20(3,23)24;1-19(22,23)18(24)26-13-20-8-14-7-15(9-20)11-21(10-14,12-20)16-3-5-17(25-2)6-4-16/h5-6,17-18H,7-13H2,1-4H3;4-6,16-17H,7-13H2,1-3H3;3-6,14-15H,7-13H2,1-2H3. The minimum absolute atomic E-state index is 0.0808. The van der Waals surface area contributed by atoms with Gasteiger partial charge in [-0.25, -0.2) is 14.4 Å². The maximum absolute atomic E-state index is 13.3. The van der Waals surface area contributed by atoms with Crippen LogP contribution in [0.1, 0.15) is 181 Å². The number of methoxy groups -OCH3 is 1. The topological polar surface area (TPSA) is 88.1 Å². The number of carbonyl (C=O) groups excluding carboxylic acids is 3. The van der Waals surface area contributed by atoms with E-state index in [1.54, 1.807) is 7.11 Å². The molecule has 0 aliphatic heterocycles. The molecule has 0 N–H and O–H groups in total. The van der Waals surface area contributed by atoms with Gasteiger partial charge >= 0.3 is 35.7 Å². The number of aryl methyl sites for hydroxylation is 5. The van der Waals surface area contributed by atoms with Crippen LogP contribution in [0.15, 0.2) is 54.6 Å². The van der Waals surface area contributed by atoms with Gasteiger partial charge in [0, 0.05) is 37.0 Å². The quantitative estimate of drug-likeness (QED) is 0.0957. The van der Waals surface area contributed by atoms with Crippen LogP contribution < -0.4 is 4.74 Å². The minimum atomic E-state index is -3.42. The molecule has 12 aliphatic rings. The molecular formula is C66H84F6O7. The predicted octanol–water partition coefficient (Wildman–Crippen LogP) is 15.7. The number of hydrogen-bond acceptors (Lipinski definition) is 7. The van der Waals surface area contributed by atoms with Crippen LogP contribution in [0.3, 0.4) is 0 Å². The molecule has 12 fully saturated rings. The summed E-state index contributed by atoms with van der Waals surface area (Å²) in [6, 6.07) is 19.5. The van der Waals surface area contributed by atoms with Crippen molar-refractivity contribution in [3.63, 3.8) is 0 Å². The maximum Gasteiger partial charge on any atom is 0.376 e. The first-order valence-corrected chi connectivity index (χ1v) is 29.3. The molecule has 0 heterocycles. The molecule has 12 aliphatic carbocycles. The molecule has 0 amide bonds. The van der Waals surface area contributed by atoms with Crippen molar-refractivity contribution >= 4 is 17.9 Å². The second-order valence-corrected chi connectivity index (χ2v) is 28.4. The Morgan fingerprint density at radius 1 is 0.456 bits per heavy atom. The summed E-state index contributed by atoms with van der Waals surface area (Å²) in [4.78, 5) is 34.9. The van der Waals surface area contributed by atoms with E-state index in [9.17, 15) is 40.7 Å². The van der Waals surface area contributed by atoms with Crippen molar-refractivity contribution in [1.82, 2.24) is 0 Å². The van der Waals surface area contributed by atoms with Gasteiger partial charge < -0.3 is 18.9 Å². The molecule has 15 rings (SSSR count). The summed E-state index contributed by atoms with van der Waals surface area (Å²) in [7, 11) is 1.66. The van der Waals surface area contributed by atoms with Crippen LogP contribution in [0.4, 0.5) is 26.3 Å². The number of halogens is 6. The maximum atomic E-state index is 13.3. The van der Waals surface area contributed by atoms with Crippen molar-refractivity contribution in [1.29, 1.82) is 0 Å². The van der Waals surface area contributed by atoms with Gasteiger partial charge in [-0.3, -0.25) is 0 Å². The Bertz CT molecular complexity index is 2740. The Kier molecular flexibility index (Phi) is 14.9. The largest absolute Gasteiger partial charge is 0.497 e.